The van der Waals surface area contributed by atoms with Gasteiger partial charge in [0.1, 0.15) is 9.85 Å². The summed E-state index contributed by atoms with van der Waals surface area (Å²) in [6.45, 7) is 0. The molecule has 1 rings (SSSR count). The van der Waals surface area contributed by atoms with E-state index in [9.17, 15) is 4.79 Å². The second-order valence-electron chi connectivity index (χ2n) is 2.70. The number of nitrogens with two attached hydrogens (primary N) is 1. The van der Waals surface area contributed by atoms with Crippen LogP contribution < -0.4 is 5.73 Å². The third-order valence-electron chi connectivity index (χ3n) is 1.62. The van der Waals surface area contributed by atoms with E-state index in [1.165, 1.54) is 18.9 Å². The first-order valence-electron chi connectivity index (χ1n) is 4.20. The summed E-state index contributed by atoms with van der Waals surface area (Å²) in [6.07, 6.45) is 1.67. The first kappa shape index (κ1) is 12.3. The van der Waals surface area contributed by atoms with Gasteiger partial charge in [-0.1, -0.05) is 15.9 Å². The molecule has 1 aromatic heterocycles. The maximum absolute atomic E-state index is 11.1. The Morgan fingerprint density at radius 2 is 2.53 bits per heavy atom. The maximum Gasteiger partial charge on any atom is 0.320 e. The van der Waals surface area contributed by atoms with Crippen LogP contribution in [0.3, 0.4) is 0 Å². The van der Waals surface area contributed by atoms with Crippen molar-refractivity contribution in [1.82, 2.24) is 4.98 Å². The Hall–Kier alpha value is -0.750. The van der Waals surface area contributed by atoms with Crippen LogP contribution >= 0.6 is 27.7 Å². The lowest BCUT2D eigenvalue weighted by molar-refractivity contribution is -0.139. The van der Waals surface area contributed by atoms with Gasteiger partial charge in [0, 0.05) is 11.9 Å². The number of halogens is 1. The minimum absolute atomic E-state index is 0.294. The largest absolute Gasteiger partial charge is 0.468 e. The maximum atomic E-state index is 11.1. The van der Waals surface area contributed by atoms with Gasteiger partial charge < -0.3 is 10.5 Å². The molecule has 1 unspecified atom stereocenters. The zero-order chi connectivity index (χ0) is 11.3. The Bertz CT molecular complexity index is 349. The van der Waals surface area contributed by atoms with Crippen LogP contribution in [0.1, 0.15) is 0 Å². The fourth-order valence-corrected chi connectivity index (χ4v) is 2.27. The molecule has 1 atom stereocenters. The summed E-state index contributed by atoms with van der Waals surface area (Å²) in [7, 11) is 1.36. The van der Waals surface area contributed by atoms with Gasteiger partial charge in [0.15, 0.2) is 0 Å². The van der Waals surface area contributed by atoms with Gasteiger partial charge in [-0.2, -0.15) is 0 Å². The van der Waals surface area contributed by atoms with Crippen LogP contribution in [-0.2, 0) is 9.53 Å². The second-order valence-corrected chi connectivity index (χ2v) is 4.81. The minimum Gasteiger partial charge on any atom is -0.468 e. The highest BCUT2D eigenvalue weighted by Gasteiger charge is 2.16. The SMILES string of the molecule is COC(=O)C(Br)CSc1ncccc1N. The summed E-state index contributed by atoms with van der Waals surface area (Å²) in [5.74, 6) is 0.241. The number of rotatable bonds is 4. The van der Waals surface area contributed by atoms with Crippen LogP contribution in [0.15, 0.2) is 23.4 Å². The van der Waals surface area contributed by atoms with Crippen LogP contribution in [0, 0.1) is 0 Å². The molecule has 0 fully saturated rings. The number of aromatic nitrogens is 1. The van der Waals surface area contributed by atoms with Gasteiger partial charge in [-0.05, 0) is 12.1 Å². The number of anilines is 1. The van der Waals surface area contributed by atoms with E-state index in [4.69, 9.17) is 5.73 Å². The van der Waals surface area contributed by atoms with Crippen LogP contribution in [0.25, 0.3) is 0 Å². The second kappa shape index (κ2) is 5.97. The lowest BCUT2D eigenvalue weighted by Gasteiger charge is -2.07. The zero-order valence-electron chi connectivity index (χ0n) is 8.14. The number of nitrogen functional groups attached to an aromatic ring is 1. The Morgan fingerprint density at radius 3 is 3.13 bits per heavy atom. The third-order valence-corrected chi connectivity index (χ3v) is 3.86. The van der Waals surface area contributed by atoms with Crippen molar-refractivity contribution < 1.29 is 9.53 Å². The lowest BCUT2D eigenvalue weighted by Crippen LogP contribution is -2.18. The molecule has 4 nitrogen and oxygen atoms in total. The molecule has 2 N–H and O–H groups in total. The standard InChI is InChI=1S/C9H11BrN2O2S/c1-14-9(13)6(10)5-15-8-7(11)3-2-4-12-8/h2-4,6H,5,11H2,1H3. The monoisotopic (exact) mass is 290 g/mol. The summed E-state index contributed by atoms with van der Waals surface area (Å²) < 4.78 is 4.58. The van der Waals surface area contributed by atoms with Gasteiger partial charge in [0.05, 0.1) is 12.8 Å². The smallest absolute Gasteiger partial charge is 0.320 e. The van der Waals surface area contributed by atoms with Gasteiger partial charge >= 0.3 is 5.97 Å². The molecule has 0 radical (unpaired) electrons. The average molecular weight is 291 g/mol. The van der Waals surface area contributed by atoms with Crippen molar-refractivity contribution in [3.63, 3.8) is 0 Å². The van der Waals surface area contributed by atoms with Crippen molar-refractivity contribution in [2.45, 2.75) is 9.85 Å². The van der Waals surface area contributed by atoms with Gasteiger partial charge in [0.2, 0.25) is 0 Å². The Kier molecular flexibility index (Phi) is 4.90. The van der Waals surface area contributed by atoms with Gasteiger partial charge in [0.25, 0.3) is 0 Å². The number of esters is 1. The third kappa shape index (κ3) is 3.71. The van der Waals surface area contributed by atoms with E-state index in [2.05, 4.69) is 25.7 Å². The molecule has 0 aliphatic carbocycles. The lowest BCUT2D eigenvalue weighted by atomic mass is 10.4. The van der Waals surface area contributed by atoms with E-state index >= 15 is 0 Å². The fraction of sp³-hybridized carbons (Fsp3) is 0.333. The molecule has 1 aromatic rings. The number of pyridine rings is 1. The van der Waals surface area contributed by atoms with Crippen LogP contribution in [-0.4, -0.2) is 28.6 Å². The Morgan fingerprint density at radius 1 is 1.80 bits per heavy atom. The molecule has 0 spiro atoms. The molecule has 15 heavy (non-hydrogen) atoms. The Labute approximate surface area is 101 Å². The number of methoxy groups -OCH3 is 1. The number of hydrogen-bond acceptors (Lipinski definition) is 5. The number of nitrogens with zero attached hydrogens (tertiary/aromatic N) is 1. The van der Waals surface area contributed by atoms with Crippen molar-refractivity contribution in [3.05, 3.63) is 18.3 Å². The number of carbonyl (C=O) groups excluding carboxylic acids is 1. The van der Waals surface area contributed by atoms with Crippen LogP contribution in [0.4, 0.5) is 5.69 Å². The zero-order valence-corrected chi connectivity index (χ0v) is 10.5. The van der Waals surface area contributed by atoms with Crippen molar-refractivity contribution in [2.75, 3.05) is 18.6 Å². The van der Waals surface area contributed by atoms with Gasteiger partial charge in [-0.15, -0.1) is 11.8 Å². The van der Waals surface area contributed by atoms with Gasteiger partial charge in [-0.3, -0.25) is 4.79 Å². The highest BCUT2D eigenvalue weighted by atomic mass is 79.9. The van der Waals surface area contributed by atoms with Crippen molar-refractivity contribution in [1.29, 1.82) is 0 Å². The molecule has 1 heterocycles. The van der Waals surface area contributed by atoms with Gasteiger partial charge in [-0.25, -0.2) is 4.98 Å². The molecular formula is C9H11BrN2O2S. The number of thioether (sulfide) groups is 1. The molecule has 0 amide bonds. The predicted molar refractivity (Wildman–Crippen MR) is 64.1 cm³/mol. The van der Waals surface area contributed by atoms with E-state index in [0.29, 0.717) is 11.4 Å². The van der Waals surface area contributed by atoms with Crippen molar-refractivity contribution >= 4 is 39.3 Å². The highest BCUT2D eigenvalue weighted by Crippen LogP contribution is 2.24. The van der Waals surface area contributed by atoms with Crippen molar-refractivity contribution in [2.24, 2.45) is 0 Å². The molecule has 0 aromatic carbocycles. The molecule has 0 aliphatic rings. The average Bonchev–Trinajstić information content (AvgIpc) is 2.26. The van der Waals surface area contributed by atoms with E-state index in [0.717, 1.165) is 5.03 Å². The number of alkyl halides is 1. The number of ether oxygens (including phenoxy) is 1. The first-order valence-corrected chi connectivity index (χ1v) is 6.10. The normalized spacial score (nSPS) is 12.1. The topological polar surface area (TPSA) is 65.2 Å². The molecule has 6 heteroatoms. The number of carbonyl (C=O) groups is 1. The summed E-state index contributed by atoms with van der Waals surface area (Å²) in [4.78, 5) is 14.8. The van der Waals surface area contributed by atoms with E-state index < -0.39 is 0 Å². The quantitative estimate of drug-likeness (QED) is 0.519. The molecule has 82 valence electrons. The van der Waals surface area contributed by atoms with Crippen molar-refractivity contribution in [3.8, 4) is 0 Å². The first-order chi connectivity index (χ1) is 7.15. The predicted octanol–water partition coefficient (Wildman–Crippen LogP) is 1.69. The summed E-state index contributed by atoms with van der Waals surface area (Å²) in [6, 6.07) is 3.54. The highest BCUT2D eigenvalue weighted by molar-refractivity contribution is 9.10. The Balaban J connectivity index is 2.50. The molecule has 0 bridgehead atoms. The molecule has 0 aliphatic heterocycles. The number of hydrogen-bond donors (Lipinski definition) is 1. The van der Waals surface area contributed by atoms with E-state index in [-0.39, 0.29) is 10.8 Å². The van der Waals surface area contributed by atoms with Crippen LogP contribution in [0.5, 0.6) is 0 Å². The summed E-state index contributed by atoms with van der Waals surface area (Å²) >= 11 is 4.64. The minimum atomic E-state index is -0.339. The molecule has 0 saturated heterocycles. The summed E-state index contributed by atoms with van der Waals surface area (Å²) in [5, 5.41) is 0.728. The molecule has 0 saturated carbocycles. The summed E-state index contributed by atoms with van der Waals surface area (Å²) in [5.41, 5.74) is 6.32. The van der Waals surface area contributed by atoms with E-state index in [1.54, 1.807) is 18.3 Å². The molecular weight excluding hydrogens is 280 g/mol. The fourth-order valence-electron chi connectivity index (χ4n) is 0.872. The van der Waals surface area contributed by atoms with E-state index in [1.807, 2.05) is 0 Å². The van der Waals surface area contributed by atoms with Crippen LogP contribution in [0.2, 0.25) is 0 Å².